The summed E-state index contributed by atoms with van der Waals surface area (Å²) in [6.45, 7) is 1.56. The quantitative estimate of drug-likeness (QED) is 0.644. The molecule has 20 heavy (non-hydrogen) atoms. The molecule has 1 saturated heterocycles. The fourth-order valence-corrected chi connectivity index (χ4v) is 1.88. The van der Waals surface area contributed by atoms with Crippen LogP contribution in [0.4, 0.5) is 13.2 Å². The standard InChI is InChI=1S/C7H14N2O3S.C2HF3O2/c1-13(11,12)9-7(10)6-2-4-8-5-3-6;3-2(4,5)1(6)7/h6,8H,2-5H2,1H3,(H,9,10);(H,6,7). The van der Waals surface area contributed by atoms with E-state index in [-0.39, 0.29) is 11.8 Å². The molecule has 11 heteroatoms. The second-order valence-corrected chi connectivity index (χ2v) is 5.81. The van der Waals surface area contributed by atoms with E-state index in [2.05, 4.69) is 5.32 Å². The molecule has 1 aliphatic rings. The van der Waals surface area contributed by atoms with Gasteiger partial charge in [-0.2, -0.15) is 13.2 Å². The second kappa shape index (κ2) is 7.43. The summed E-state index contributed by atoms with van der Waals surface area (Å²) in [7, 11) is -3.39. The van der Waals surface area contributed by atoms with Gasteiger partial charge in [0, 0.05) is 5.92 Å². The first kappa shape index (κ1) is 18.6. The maximum absolute atomic E-state index is 11.3. The van der Waals surface area contributed by atoms with Gasteiger partial charge >= 0.3 is 12.1 Å². The van der Waals surface area contributed by atoms with Gasteiger partial charge in [-0.1, -0.05) is 0 Å². The number of alkyl halides is 3. The number of amides is 1. The minimum Gasteiger partial charge on any atom is -0.475 e. The zero-order chi connectivity index (χ0) is 16.0. The Bertz CT molecular complexity index is 443. The summed E-state index contributed by atoms with van der Waals surface area (Å²) in [5.74, 6) is -3.28. The van der Waals surface area contributed by atoms with E-state index in [9.17, 15) is 26.4 Å². The zero-order valence-corrected chi connectivity index (χ0v) is 11.3. The highest BCUT2D eigenvalue weighted by Crippen LogP contribution is 2.13. The number of hydrogen-bond acceptors (Lipinski definition) is 5. The minimum atomic E-state index is -5.08. The number of aliphatic carboxylic acids is 1. The summed E-state index contributed by atoms with van der Waals surface area (Å²) in [5, 5.41) is 10.2. The van der Waals surface area contributed by atoms with Crippen LogP contribution in [0.3, 0.4) is 0 Å². The highest BCUT2D eigenvalue weighted by Gasteiger charge is 2.38. The van der Waals surface area contributed by atoms with Gasteiger partial charge in [0.15, 0.2) is 0 Å². The van der Waals surface area contributed by atoms with Crippen LogP contribution in [0.5, 0.6) is 0 Å². The number of carboxylic acids is 1. The van der Waals surface area contributed by atoms with Crippen LogP contribution in [0.2, 0.25) is 0 Å². The Morgan fingerprint density at radius 2 is 1.65 bits per heavy atom. The summed E-state index contributed by atoms with van der Waals surface area (Å²) in [6.07, 6.45) is -2.67. The highest BCUT2D eigenvalue weighted by atomic mass is 32.2. The Kier molecular flexibility index (Phi) is 6.92. The van der Waals surface area contributed by atoms with Crippen molar-refractivity contribution in [2.45, 2.75) is 19.0 Å². The lowest BCUT2D eigenvalue weighted by Crippen LogP contribution is -2.40. The number of rotatable bonds is 2. The lowest BCUT2D eigenvalue weighted by molar-refractivity contribution is -0.192. The van der Waals surface area contributed by atoms with Crippen molar-refractivity contribution in [2.75, 3.05) is 19.3 Å². The second-order valence-electron chi connectivity index (χ2n) is 4.07. The van der Waals surface area contributed by atoms with Gasteiger partial charge in [0.25, 0.3) is 0 Å². The summed E-state index contributed by atoms with van der Waals surface area (Å²) >= 11 is 0. The first-order valence-electron chi connectivity index (χ1n) is 5.46. The molecule has 1 heterocycles. The lowest BCUT2D eigenvalue weighted by Gasteiger charge is -2.20. The summed E-state index contributed by atoms with van der Waals surface area (Å²) in [6, 6.07) is 0. The number of piperidine rings is 1. The number of halogens is 3. The van der Waals surface area contributed by atoms with Crippen molar-refractivity contribution in [3.05, 3.63) is 0 Å². The number of hydrogen-bond donors (Lipinski definition) is 3. The van der Waals surface area contributed by atoms with Crippen LogP contribution in [-0.2, 0) is 19.6 Å². The Morgan fingerprint density at radius 1 is 1.25 bits per heavy atom. The summed E-state index contributed by atoms with van der Waals surface area (Å²) in [5.41, 5.74) is 0. The van der Waals surface area contributed by atoms with E-state index in [0.717, 1.165) is 19.3 Å². The molecule has 0 aliphatic carbocycles. The maximum Gasteiger partial charge on any atom is 0.490 e. The smallest absolute Gasteiger partial charge is 0.475 e. The summed E-state index contributed by atoms with van der Waals surface area (Å²) < 4.78 is 55.2. The Labute approximate surface area is 113 Å². The van der Waals surface area contributed by atoms with Gasteiger partial charge in [0.05, 0.1) is 6.26 Å². The predicted octanol–water partition coefficient (Wildman–Crippen LogP) is -0.305. The molecule has 0 aromatic rings. The van der Waals surface area contributed by atoms with Crippen molar-refractivity contribution in [3.8, 4) is 0 Å². The third kappa shape index (κ3) is 8.69. The lowest BCUT2D eigenvalue weighted by atomic mass is 9.98. The average molecular weight is 320 g/mol. The van der Waals surface area contributed by atoms with Crippen LogP contribution >= 0.6 is 0 Å². The third-order valence-electron chi connectivity index (χ3n) is 2.24. The zero-order valence-electron chi connectivity index (χ0n) is 10.5. The Hall–Kier alpha value is -1.36. The third-order valence-corrected chi connectivity index (χ3v) is 2.81. The van der Waals surface area contributed by atoms with E-state index in [4.69, 9.17) is 9.90 Å². The van der Waals surface area contributed by atoms with E-state index in [0.29, 0.717) is 12.8 Å². The largest absolute Gasteiger partial charge is 0.490 e. The van der Waals surface area contributed by atoms with Crippen LogP contribution in [-0.4, -0.2) is 50.9 Å². The molecule has 3 N–H and O–H groups in total. The number of carbonyl (C=O) groups is 2. The molecular formula is C9H15F3N2O5S. The van der Waals surface area contributed by atoms with E-state index >= 15 is 0 Å². The normalized spacial score (nSPS) is 16.8. The molecule has 7 nitrogen and oxygen atoms in total. The van der Waals surface area contributed by atoms with Crippen molar-refractivity contribution in [1.82, 2.24) is 10.0 Å². The Morgan fingerprint density at radius 3 is 1.95 bits per heavy atom. The van der Waals surface area contributed by atoms with E-state index in [1.165, 1.54) is 0 Å². The first-order chi connectivity index (χ1) is 8.93. The van der Waals surface area contributed by atoms with E-state index < -0.39 is 22.2 Å². The molecule has 0 aromatic carbocycles. The molecule has 0 bridgehead atoms. The van der Waals surface area contributed by atoms with Crippen LogP contribution < -0.4 is 10.0 Å². The van der Waals surface area contributed by atoms with Crippen molar-refractivity contribution >= 4 is 21.9 Å². The van der Waals surface area contributed by atoms with Gasteiger partial charge in [-0.25, -0.2) is 13.2 Å². The molecule has 0 unspecified atom stereocenters. The SMILES string of the molecule is CS(=O)(=O)NC(=O)C1CCNCC1.O=C(O)C(F)(F)F. The molecule has 1 aliphatic heterocycles. The molecule has 0 radical (unpaired) electrons. The molecule has 0 saturated carbocycles. The van der Waals surface area contributed by atoms with Gasteiger partial charge in [-0.05, 0) is 25.9 Å². The van der Waals surface area contributed by atoms with Gasteiger partial charge in [0.2, 0.25) is 15.9 Å². The molecule has 0 aromatic heterocycles. The topological polar surface area (TPSA) is 113 Å². The first-order valence-corrected chi connectivity index (χ1v) is 7.35. The van der Waals surface area contributed by atoms with Gasteiger partial charge in [0.1, 0.15) is 0 Å². The van der Waals surface area contributed by atoms with Crippen LogP contribution in [0.25, 0.3) is 0 Å². The summed E-state index contributed by atoms with van der Waals surface area (Å²) in [4.78, 5) is 20.2. The van der Waals surface area contributed by atoms with Crippen LogP contribution in [0, 0.1) is 5.92 Å². The minimum absolute atomic E-state index is 0.157. The maximum atomic E-state index is 11.3. The van der Waals surface area contributed by atoms with Crippen LogP contribution in [0.15, 0.2) is 0 Å². The van der Waals surface area contributed by atoms with E-state index in [1.807, 2.05) is 4.72 Å². The molecule has 1 rings (SSSR count). The monoisotopic (exact) mass is 320 g/mol. The molecule has 1 fully saturated rings. The Balaban J connectivity index is 0.000000441. The molecule has 0 atom stereocenters. The van der Waals surface area contributed by atoms with Gasteiger partial charge in [-0.3, -0.25) is 9.52 Å². The number of carboxylic acid groups (broad SMARTS) is 1. The van der Waals surface area contributed by atoms with Crippen molar-refractivity contribution in [3.63, 3.8) is 0 Å². The number of sulfonamides is 1. The fourth-order valence-electron chi connectivity index (χ4n) is 1.35. The molecular weight excluding hydrogens is 305 g/mol. The van der Waals surface area contributed by atoms with Crippen molar-refractivity contribution in [2.24, 2.45) is 5.92 Å². The van der Waals surface area contributed by atoms with Crippen molar-refractivity contribution < 1.29 is 36.3 Å². The van der Waals surface area contributed by atoms with Crippen LogP contribution in [0.1, 0.15) is 12.8 Å². The predicted molar refractivity (Wildman–Crippen MR) is 62.3 cm³/mol. The highest BCUT2D eigenvalue weighted by molar-refractivity contribution is 7.89. The molecule has 118 valence electrons. The van der Waals surface area contributed by atoms with Gasteiger partial charge in [-0.15, -0.1) is 0 Å². The van der Waals surface area contributed by atoms with Gasteiger partial charge < -0.3 is 10.4 Å². The molecule has 1 amide bonds. The van der Waals surface area contributed by atoms with Crippen molar-refractivity contribution in [1.29, 1.82) is 0 Å². The fraction of sp³-hybridized carbons (Fsp3) is 0.778. The molecule has 0 spiro atoms. The number of nitrogens with one attached hydrogen (secondary N) is 2. The average Bonchev–Trinajstić information content (AvgIpc) is 2.27. The van der Waals surface area contributed by atoms with E-state index in [1.54, 1.807) is 0 Å². The number of carbonyl (C=O) groups excluding carboxylic acids is 1.